The molecule has 2 aliphatic rings. The van der Waals surface area contributed by atoms with E-state index in [0.29, 0.717) is 12.2 Å². The fourth-order valence-corrected chi connectivity index (χ4v) is 3.15. The molecule has 2 bridgehead atoms. The molecule has 3 atom stereocenters. The van der Waals surface area contributed by atoms with Gasteiger partial charge in [0.2, 0.25) is 11.6 Å². The number of hydrogen-bond acceptors (Lipinski definition) is 6. The summed E-state index contributed by atoms with van der Waals surface area (Å²) in [6.45, 7) is 0. The first-order valence-corrected chi connectivity index (χ1v) is 6.03. The minimum Gasteiger partial charge on any atom is -0.501 e. The number of ether oxygens (including phenoxy) is 4. The van der Waals surface area contributed by atoms with Crippen LogP contribution in [0.4, 0.5) is 0 Å². The Balaban J connectivity index is 2.48. The van der Waals surface area contributed by atoms with Crippen molar-refractivity contribution in [3.63, 3.8) is 0 Å². The number of methoxy groups -OCH3 is 4. The van der Waals surface area contributed by atoms with Gasteiger partial charge in [-0.1, -0.05) is 0 Å². The topological polar surface area (TPSA) is 71.1 Å². The summed E-state index contributed by atoms with van der Waals surface area (Å²) in [5.74, 6) is -2.98. The third kappa shape index (κ3) is 1.78. The van der Waals surface area contributed by atoms with E-state index in [4.69, 9.17) is 18.9 Å². The summed E-state index contributed by atoms with van der Waals surface area (Å²) in [6.07, 6.45) is 2.10. The summed E-state index contributed by atoms with van der Waals surface area (Å²) in [5, 5.41) is 0. The molecule has 0 aromatic rings. The Morgan fingerprint density at radius 3 is 2.37 bits per heavy atom. The van der Waals surface area contributed by atoms with Crippen molar-refractivity contribution in [1.29, 1.82) is 0 Å². The predicted octanol–water partition coefficient (Wildman–Crippen LogP) is 0.514. The molecule has 2 rings (SSSR count). The first-order valence-electron chi connectivity index (χ1n) is 6.03. The summed E-state index contributed by atoms with van der Waals surface area (Å²) in [5.41, 5.74) is 0. The van der Waals surface area contributed by atoms with E-state index < -0.39 is 29.5 Å². The molecule has 0 amide bonds. The first kappa shape index (κ1) is 14.0. The number of carbonyl (C=O) groups excluding carboxylic acids is 2. The lowest BCUT2D eigenvalue weighted by molar-refractivity contribution is -0.225. The molecule has 1 saturated carbocycles. The minimum atomic E-state index is -1.40. The smallest absolute Gasteiger partial charge is 0.313 e. The van der Waals surface area contributed by atoms with Gasteiger partial charge in [-0.05, 0) is 12.5 Å². The number of Topliss-reactive ketones (excluding diaryl/α,β-unsaturated/α-hetero) is 1. The Morgan fingerprint density at radius 1 is 1.26 bits per heavy atom. The van der Waals surface area contributed by atoms with Crippen LogP contribution in [0, 0.1) is 17.8 Å². The van der Waals surface area contributed by atoms with E-state index in [1.54, 1.807) is 6.08 Å². The molecule has 106 valence electrons. The molecule has 0 heterocycles. The lowest BCUT2D eigenvalue weighted by Gasteiger charge is -2.33. The second kappa shape index (κ2) is 4.94. The van der Waals surface area contributed by atoms with Gasteiger partial charge in [0.15, 0.2) is 0 Å². The van der Waals surface area contributed by atoms with Gasteiger partial charge in [-0.15, -0.1) is 0 Å². The lowest BCUT2D eigenvalue weighted by atomic mass is 9.82. The average Bonchev–Trinajstić information content (AvgIpc) is 2.69. The van der Waals surface area contributed by atoms with Crippen molar-refractivity contribution in [1.82, 2.24) is 0 Å². The van der Waals surface area contributed by atoms with Crippen LogP contribution >= 0.6 is 0 Å². The molecule has 0 saturated heterocycles. The van der Waals surface area contributed by atoms with E-state index in [1.807, 2.05) is 0 Å². The van der Waals surface area contributed by atoms with E-state index in [0.717, 1.165) is 0 Å². The maximum absolute atomic E-state index is 12.5. The molecular formula is C13H18O6. The Kier molecular flexibility index (Phi) is 3.64. The zero-order valence-corrected chi connectivity index (χ0v) is 11.5. The fourth-order valence-electron chi connectivity index (χ4n) is 3.15. The van der Waals surface area contributed by atoms with E-state index in [2.05, 4.69) is 0 Å². The number of carbonyl (C=O) groups is 2. The highest BCUT2D eigenvalue weighted by atomic mass is 16.7. The van der Waals surface area contributed by atoms with Gasteiger partial charge >= 0.3 is 5.97 Å². The Labute approximate surface area is 111 Å². The SMILES string of the molecule is COC(=O)[C@H]1C=C(OC)[C@@H]2C[C@H]1C(OC)(OC)C2=O. The Morgan fingerprint density at radius 2 is 1.89 bits per heavy atom. The Bertz CT molecular complexity index is 423. The zero-order chi connectivity index (χ0) is 14.2. The summed E-state index contributed by atoms with van der Waals surface area (Å²) < 4.78 is 20.7. The monoisotopic (exact) mass is 270 g/mol. The van der Waals surface area contributed by atoms with Gasteiger partial charge in [0, 0.05) is 20.1 Å². The van der Waals surface area contributed by atoms with Crippen molar-refractivity contribution in [3.05, 3.63) is 11.8 Å². The predicted molar refractivity (Wildman–Crippen MR) is 64.0 cm³/mol. The minimum absolute atomic E-state index is 0.206. The summed E-state index contributed by atoms with van der Waals surface area (Å²) >= 11 is 0. The molecule has 2 aliphatic carbocycles. The van der Waals surface area contributed by atoms with E-state index in [1.165, 1.54) is 28.4 Å². The van der Waals surface area contributed by atoms with Crippen molar-refractivity contribution >= 4 is 11.8 Å². The van der Waals surface area contributed by atoms with Gasteiger partial charge in [-0.2, -0.15) is 0 Å². The van der Waals surface area contributed by atoms with Crippen molar-refractivity contribution in [2.45, 2.75) is 12.2 Å². The first-order chi connectivity index (χ1) is 9.05. The van der Waals surface area contributed by atoms with Crippen LogP contribution in [0.2, 0.25) is 0 Å². The van der Waals surface area contributed by atoms with Crippen LogP contribution in [0.5, 0.6) is 0 Å². The van der Waals surface area contributed by atoms with Crippen molar-refractivity contribution in [3.8, 4) is 0 Å². The second-order valence-electron chi connectivity index (χ2n) is 4.66. The number of esters is 1. The Hall–Kier alpha value is -1.40. The van der Waals surface area contributed by atoms with Gasteiger partial charge in [0.25, 0.3) is 0 Å². The normalized spacial score (nSPS) is 31.9. The van der Waals surface area contributed by atoms with Gasteiger partial charge in [0.1, 0.15) is 5.76 Å². The molecule has 0 aliphatic heterocycles. The molecule has 1 fully saturated rings. The third-order valence-electron chi connectivity index (χ3n) is 4.07. The van der Waals surface area contributed by atoms with E-state index in [-0.39, 0.29) is 5.78 Å². The lowest BCUT2D eigenvalue weighted by Crippen LogP contribution is -2.48. The molecule has 0 unspecified atom stereocenters. The van der Waals surface area contributed by atoms with Gasteiger partial charge in [-0.3, -0.25) is 9.59 Å². The molecule has 6 nitrogen and oxygen atoms in total. The molecule has 0 radical (unpaired) electrons. The number of fused-ring (bicyclic) bond motifs is 2. The highest BCUT2D eigenvalue weighted by Crippen LogP contribution is 2.50. The largest absolute Gasteiger partial charge is 0.501 e. The second-order valence-corrected chi connectivity index (χ2v) is 4.66. The maximum atomic E-state index is 12.5. The molecule has 0 N–H and O–H groups in total. The molecular weight excluding hydrogens is 252 g/mol. The summed E-state index contributed by atoms with van der Waals surface area (Å²) in [7, 11) is 5.60. The molecule has 0 aromatic heterocycles. The van der Waals surface area contributed by atoms with Gasteiger partial charge < -0.3 is 18.9 Å². The van der Waals surface area contributed by atoms with Crippen LogP contribution in [0.3, 0.4) is 0 Å². The number of rotatable bonds is 4. The standard InChI is InChI=1S/C13H18O6/c1-16-10-6-7(12(15)17-2)9-5-8(10)11(14)13(9,18-3)19-4/h6-9H,5H2,1-4H3/t7-,8-,9+/m0/s1. The van der Waals surface area contributed by atoms with Crippen LogP contribution in [0.25, 0.3) is 0 Å². The highest BCUT2D eigenvalue weighted by Gasteiger charge is 2.63. The van der Waals surface area contributed by atoms with Crippen molar-refractivity contribution in [2.75, 3.05) is 28.4 Å². The molecule has 6 heteroatoms. The number of allylic oxidation sites excluding steroid dienone is 1. The van der Waals surface area contributed by atoms with Crippen LogP contribution in [-0.2, 0) is 28.5 Å². The summed E-state index contributed by atoms with van der Waals surface area (Å²) in [4.78, 5) is 24.4. The zero-order valence-electron chi connectivity index (χ0n) is 11.5. The van der Waals surface area contributed by atoms with Crippen molar-refractivity contribution < 1.29 is 28.5 Å². The highest BCUT2D eigenvalue weighted by molar-refractivity contribution is 5.95. The summed E-state index contributed by atoms with van der Waals surface area (Å²) in [6, 6.07) is 0. The fraction of sp³-hybridized carbons (Fsp3) is 0.692. The number of hydrogen-bond donors (Lipinski definition) is 0. The average molecular weight is 270 g/mol. The van der Waals surface area contributed by atoms with E-state index >= 15 is 0 Å². The van der Waals surface area contributed by atoms with Gasteiger partial charge in [0.05, 0.1) is 26.1 Å². The van der Waals surface area contributed by atoms with E-state index in [9.17, 15) is 9.59 Å². The van der Waals surface area contributed by atoms with Crippen LogP contribution < -0.4 is 0 Å². The third-order valence-corrected chi connectivity index (χ3v) is 4.07. The molecule has 0 aromatic carbocycles. The molecule has 0 spiro atoms. The van der Waals surface area contributed by atoms with Gasteiger partial charge in [-0.25, -0.2) is 0 Å². The van der Waals surface area contributed by atoms with Crippen molar-refractivity contribution in [2.24, 2.45) is 17.8 Å². The maximum Gasteiger partial charge on any atom is 0.313 e. The van der Waals surface area contributed by atoms with Crippen LogP contribution in [-0.4, -0.2) is 46.0 Å². The quantitative estimate of drug-likeness (QED) is 0.547. The van der Waals surface area contributed by atoms with Crippen LogP contribution in [0.1, 0.15) is 6.42 Å². The molecule has 19 heavy (non-hydrogen) atoms. The number of ketones is 1. The van der Waals surface area contributed by atoms with Crippen LogP contribution in [0.15, 0.2) is 11.8 Å².